The minimum atomic E-state index is -0.136. The van der Waals surface area contributed by atoms with Crippen molar-refractivity contribution in [3.63, 3.8) is 0 Å². The first-order valence-corrected chi connectivity index (χ1v) is 9.30. The molecule has 5 nitrogen and oxygen atoms in total. The summed E-state index contributed by atoms with van der Waals surface area (Å²) in [6.07, 6.45) is 3.61. The Morgan fingerprint density at radius 3 is 2.78 bits per heavy atom. The quantitative estimate of drug-likeness (QED) is 0.507. The lowest BCUT2D eigenvalue weighted by Gasteiger charge is -2.01. The molecule has 132 valence electrons. The van der Waals surface area contributed by atoms with Crippen LogP contribution >= 0.6 is 11.3 Å². The molecule has 6 heteroatoms. The largest absolute Gasteiger partial charge is 0.495 e. The standard InChI is InChI=1S/C21H15N3O2S/c1-26-16-9-10-22-15(16)11-13-18-14(23-20(13)25)7-8-17-19(18)24-21(27-17)12-5-3-2-4-6-12/h2-11,22H,1H3,(H,23,25)/b13-11-. The highest BCUT2D eigenvalue weighted by Gasteiger charge is 2.28. The van der Waals surface area contributed by atoms with Crippen molar-refractivity contribution < 1.29 is 9.53 Å². The number of rotatable bonds is 3. The maximum atomic E-state index is 12.6. The van der Waals surface area contributed by atoms with E-state index in [4.69, 9.17) is 9.72 Å². The van der Waals surface area contributed by atoms with Crippen LogP contribution in [0.2, 0.25) is 0 Å². The molecule has 0 unspecified atom stereocenters. The molecule has 0 atom stereocenters. The van der Waals surface area contributed by atoms with E-state index in [0.29, 0.717) is 11.3 Å². The van der Waals surface area contributed by atoms with E-state index in [1.54, 1.807) is 24.6 Å². The molecule has 5 rings (SSSR count). The first kappa shape index (κ1) is 15.8. The smallest absolute Gasteiger partial charge is 0.256 e. The minimum absolute atomic E-state index is 0.136. The van der Waals surface area contributed by atoms with Crippen molar-refractivity contribution in [3.05, 3.63) is 66.0 Å². The predicted octanol–water partition coefficient (Wildman–Crippen LogP) is 4.79. The molecule has 3 heterocycles. The van der Waals surface area contributed by atoms with Crippen LogP contribution in [-0.4, -0.2) is 23.0 Å². The number of methoxy groups -OCH3 is 1. The van der Waals surface area contributed by atoms with Gasteiger partial charge in [0.25, 0.3) is 5.91 Å². The van der Waals surface area contributed by atoms with Crippen LogP contribution in [0.25, 0.3) is 32.4 Å². The summed E-state index contributed by atoms with van der Waals surface area (Å²) < 4.78 is 6.40. The maximum Gasteiger partial charge on any atom is 0.256 e. The van der Waals surface area contributed by atoms with Crippen LogP contribution in [0.5, 0.6) is 5.75 Å². The second-order valence-electron chi connectivity index (χ2n) is 6.19. The van der Waals surface area contributed by atoms with E-state index in [1.807, 2.05) is 54.6 Å². The molecule has 27 heavy (non-hydrogen) atoms. The van der Waals surface area contributed by atoms with Gasteiger partial charge in [0, 0.05) is 17.3 Å². The molecular formula is C21H15N3O2S. The van der Waals surface area contributed by atoms with Crippen molar-refractivity contribution in [2.45, 2.75) is 0 Å². The SMILES string of the molecule is COc1cc[nH]c1/C=C1\C(=O)Nc2ccc3sc(-c4ccccc4)nc3c21. The van der Waals surface area contributed by atoms with Crippen molar-refractivity contribution >= 4 is 44.8 Å². The van der Waals surface area contributed by atoms with Crippen LogP contribution in [0.4, 0.5) is 5.69 Å². The monoisotopic (exact) mass is 373 g/mol. The molecule has 0 bridgehead atoms. The summed E-state index contributed by atoms with van der Waals surface area (Å²) in [5.41, 5.74) is 4.88. The van der Waals surface area contributed by atoms with E-state index in [0.717, 1.165) is 37.7 Å². The Hall–Kier alpha value is -3.38. The molecule has 1 aliphatic rings. The van der Waals surface area contributed by atoms with Crippen LogP contribution in [0.15, 0.2) is 54.7 Å². The Bertz CT molecular complexity index is 1200. The normalized spacial score (nSPS) is 14.6. The number of H-pyrrole nitrogens is 1. The Labute approximate surface area is 159 Å². The fourth-order valence-electron chi connectivity index (χ4n) is 3.32. The van der Waals surface area contributed by atoms with Gasteiger partial charge in [0.15, 0.2) is 0 Å². The molecule has 2 N–H and O–H groups in total. The summed E-state index contributed by atoms with van der Waals surface area (Å²) in [7, 11) is 1.61. The van der Waals surface area contributed by atoms with Gasteiger partial charge >= 0.3 is 0 Å². The third-order valence-corrected chi connectivity index (χ3v) is 5.66. The fourth-order valence-corrected chi connectivity index (χ4v) is 4.30. The molecule has 0 saturated heterocycles. The van der Waals surface area contributed by atoms with Gasteiger partial charge in [-0.15, -0.1) is 11.3 Å². The maximum absolute atomic E-state index is 12.6. The zero-order valence-corrected chi connectivity index (χ0v) is 15.3. The van der Waals surface area contributed by atoms with Crippen molar-refractivity contribution in [1.82, 2.24) is 9.97 Å². The number of carbonyl (C=O) groups is 1. The van der Waals surface area contributed by atoms with Gasteiger partial charge in [-0.25, -0.2) is 4.98 Å². The number of aromatic amines is 1. The first-order valence-electron chi connectivity index (χ1n) is 8.48. The van der Waals surface area contributed by atoms with Gasteiger partial charge in [-0.3, -0.25) is 4.79 Å². The van der Waals surface area contributed by atoms with Gasteiger partial charge in [0.2, 0.25) is 0 Å². The van der Waals surface area contributed by atoms with E-state index >= 15 is 0 Å². The molecule has 0 radical (unpaired) electrons. The number of carbonyl (C=O) groups excluding carboxylic acids is 1. The average molecular weight is 373 g/mol. The lowest BCUT2D eigenvalue weighted by atomic mass is 10.0. The third-order valence-electron chi connectivity index (χ3n) is 4.59. The van der Waals surface area contributed by atoms with Gasteiger partial charge in [-0.1, -0.05) is 30.3 Å². The molecule has 1 aliphatic heterocycles. The Balaban J connectivity index is 1.71. The number of ether oxygens (including phenoxy) is 1. The highest BCUT2D eigenvalue weighted by atomic mass is 32.1. The molecule has 0 saturated carbocycles. The zero-order chi connectivity index (χ0) is 18.4. The van der Waals surface area contributed by atoms with Crippen LogP contribution in [0.3, 0.4) is 0 Å². The van der Waals surface area contributed by atoms with Crippen LogP contribution in [0.1, 0.15) is 11.3 Å². The summed E-state index contributed by atoms with van der Waals surface area (Å²) in [4.78, 5) is 20.6. The number of aromatic nitrogens is 2. The third kappa shape index (κ3) is 2.53. The summed E-state index contributed by atoms with van der Waals surface area (Å²) >= 11 is 1.63. The number of hydrogen-bond donors (Lipinski definition) is 2. The summed E-state index contributed by atoms with van der Waals surface area (Å²) in [6, 6.07) is 15.9. The Kier molecular flexibility index (Phi) is 3.58. The minimum Gasteiger partial charge on any atom is -0.495 e. The van der Waals surface area contributed by atoms with Crippen LogP contribution in [0, 0.1) is 0 Å². The molecular weight excluding hydrogens is 358 g/mol. The van der Waals surface area contributed by atoms with Crippen molar-refractivity contribution in [2.24, 2.45) is 0 Å². The molecule has 2 aromatic carbocycles. The van der Waals surface area contributed by atoms with Gasteiger partial charge in [-0.05, 0) is 24.3 Å². The van der Waals surface area contributed by atoms with Crippen LogP contribution < -0.4 is 10.1 Å². The molecule has 1 amide bonds. The van der Waals surface area contributed by atoms with Crippen LogP contribution in [-0.2, 0) is 4.79 Å². The zero-order valence-electron chi connectivity index (χ0n) is 14.4. The van der Waals surface area contributed by atoms with Gasteiger partial charge in [0.1, 0.15) is 10.8 Å². The second-order valence-corrected chi connectivity index (χ2v) is 7.22. The van der Waals surface area contributed by atoms with E-state index in [-0.39, 0.29) is 5.91 Å². The lowest BCUT2D eigenvalue weighted by Crippen LogP contribution is -2.03. The van der Waals surface area contributed by atoms with Crippen molar-refractivity contribution in [3.8, 4) is 16.3 Å². The number of amides is 1. The summed E-state index contributed by atoms with van der Waals surface area (Å²) in [6.45, 7) is 0. The topological polar surface area (TPSA) is 67.0 Å². The lowest BCUT2D eigenvalue weighted by molar-refractivity contribution is -0.110. The number of benzene rings is 2. The Morgan fingerprint density at radius 2 is 1.96 bits per heavy atom. The molecule has 2 aromatic heterocycles. The number of nitrogens with one attached hydrogen (secondary N) is 2. The summed E-state index contributed by atoms with van der Waals surface area (Å²) in [5, 5.41) is 3.88. The first-order chi connectivity index (χ1) is 13.2. The molecule has 0 fully saturated rings. The average Bonchev–Trinajstić information content (AvgIpc) is 3.39. The molecule has 4 aromatic rings. The van der Waals surface area contributed by atoms with E-state index in [9.17, 15) is 4.79 Å². The van der Waals surface area contributed by atoms with E-state index < -0.39 is 0 Å². The van der Waals surface area contributed by atoms with Crippen molar-refractivity contribution in [1.29, 1.82) is 0 Å². The van der Waals surface area contributed by atoms with Crippen molar-refractivity contribution in [2.75, 3.05) is 12.4 Å². The number of anilines is 1. The van der Waals surface area contributed by atoms with E-state index in [2.05, 4.69) is 10.3 Å². The molecule has 0 aliphatic carbocycles. The number of nitrogens with zero attached hydrogens (tertiary/aromatic N) is 1. The second kappa shape index (κ2) is 6.10. The van der Waals surface area contributed by atoms with E-state index in [1.165, 1.54) is 0 Å². The molecule has 0 spiro atoms. The number of fused-ring (bicyclic) bond motifs is 3. The number of hydrogen-bond acceptors (Lipinski definition) is 4. The fraction of sp³-hybridized carbons (Fsp3) is 0.0476. The number of thiazole rings is 1. The Morgan fingerprint density at radius 1 is 1.11 bits per heavy atom. The summed E-state index contributed by atoms with van der Waals surface area (Å²) in [5.74, 6) is 0.558. The highest BCUT2D eigenvalue weighted by molar-refractivity contribution is 7.21. The van der Waals surface area contributed by atoms with Gasteiger partial charge in [0.05, 0.1) is 34.3 Å². The predicted molar refractivity (Wildman–Crippen MR) is 109 cm³/mol. The van der Waals surface area contributed by atoms with Gasteiger partial charge in [-0.2, -0.15) is 0 Å². The van der Waals surface area contributed by atoms with Gasteiger partial charge < -0.3 is 15.0 Å². The highest BCUT2D eigenvalue weighted by Crippen LogP contribution is 2.42.